The summed E-state index contributed by atoms with van der Waals surface area (Å²) in [7, 11) is 0. The largest absolute Gasteiger partial charge is 0.479 e. The molecule has 0 saturated heterocycles. The van der Waals surface area contributed by atoms with Gasteiger partial charge in [0.15, 0.2) is 6.04 Å². The summed E-state index contributed by atoms with van der Waals surface area (Å²) in [5.74, 6) is -2.22. The zero-order chi connectivity index (χ0) is 13.7. The molecular formula is C13H16FNO3. The van der Waals surface area contributed by atoms with Gasteiger partial charge in [0.25, 0.3) is 0 Å². The minimum absolute atomic E-state index is 0.0397. The highest BCUT2D eigenvalue weighted by Gasteiger charge is 2.24. The zero-order valence-corrected chi connectivity index (χ0v) is 10.3. The van der Waals surface area contributed by atoms with E-state index in [4.69, 9.17) is 5.11 Å². The van der Waals surface area contributed by atoms with Crippen molar-refractivity contribution >= 4 is 11.9 Å². The maximum Gasteiger partial charge on any atom is 0.331 e. The molecule has 0 aliphatic carbocycles. The molecule has 5 heteroatoms. The third-order valence-electron chi connectivity index (χ3n) is 2.36. The number of halogens is 1. The quantitative estimate of drug-likeness (QED) is 0.844. The number of aliphatic carboxylic acids is 1. The minimum Gasteiger partial charge on any atom is -0.479 e. The molecule has 1 amide bonds. The minimum atomic E-state index is -1.35. The summed E-state index contributed by atoms with van der Waals surface area (Å²) in [5.41, 5.74) is -0.0397. The van der Waals surface area contributed by atoms with Crippen LogP contribution in [0.5, 0.6) is 0 Å². The van der Waals surface area contributed by atoms with Crippen molar-refractivity contribution in [3.8, 4) is 0 Å². The van der Waals surface area contributed by atoms with Crippen LogP contribution in [0.25, 0.3) is 0 Å². The summed E-state index contributed by atoms with van der Waals surface area (Å²) >= 11 is 0. The lowest BCUT2D eigenvalue weighted by atomic mass is 10.1. The molecule has 18 heavy (non-hydrogen) atoms. The molecule has 0 aromatic heterocycles. The van der Waals surface area contributed by atoms with E-state index in [1.807, 2.05) is 13.8 Å². The second-order valence-corrected chi connectivity index (χ2v) is 4.46. The van der Waals surface area contributed by atoms with Crippen molar-refractivity contribution in [2.24, 2.45) is 5.92 Å². The number of hydrogen-bond acceptors (Lipinski definition) is 2. The van der Waals surface area contributed by atoms with Crippen molar-refractivity contribution in [2.45, 2.75) is 26.3 Å². The van der Waals surface area contributed by atoms with Gasteiger partial charge in [0.1, 0.15) is 5.82 Å². The van der Waals surface area contributed by atoms with Crippen LogP contribution in [0.2, 0.25) is 0 Å². The number of rotatable bonds is 5. The number of nitrogens with one attached hydrogen (secondary N) is 1. The maximum atomic E-state index is 13.5. The van der Waals surface area contributed by atoms with Crippen LogP contribution in [0, 0.1) is 11.7 Å². The molecule has 2 N–H and O–H groups in total. The molecule has 0 saturated carbocycles. The van der Waals surface area contributed by atoms with Crippen LogP contribution in [0.3, 0.4) is 0 Å². The van der Waals surface area contributed by atoms with Gasteiger partial charge in [-0.05, 0) is 12.0 Å². The van der Waals surface area contributed by atoms with Crippen molar-refractivity contribution < 1.29 is 19.1 Å². The summed E-state index contributed by atoms with van der Waals surface area (Å²) in [5, 5.41) is 11.4. The van der Waals surface area contributed by atoms with Crippen molar-refractivity contribution in [1.82, 2.24) is 5.32 Å². The van der Waals surface area contributed by atoms with Gasteiger partial charge < -0.3 is 10.4 Å². The Kier molecular flexibility index (Phi) is 4.83. The fourth-order valence-electron chi connectivity index (χ4n) is 1.57. The monoisotopic (exact) mass is 253 g/mol. The standard InChI is InChI=1S/C13H16FNO3/c1-8(2)7-11(16)15-12(13(17)18)9-5-3-4-6-10(9)14/h3-6,8,12H,7H2,1-2H3,(H,15,16)(H,17,18). The fraction of sp³-hybridized carbons (Fsp3) is 0.385. The molecule has 4 nitrogen and oxygen atoms in total. The third kappa shape index (κ3) is 3.84. The summed E-state index contributed by atoms with van der Waals surface area (Å²) in [4.78, 5) is 22.6. The normalized spacial score (nSPS) is 12.2. The van der Waals surface area contributed by atoms with E-state index in [1.54, 1.807) is 0 Å². The first-order chi connectivity index (χ1) is 8.41. The van der Waals surface area contributed by atoms with E-state index in [0.717, 1.165) is 0 Å². The predicted octanol–water partition coefficient (Wildman–Crippen LogP) is 2.11. The number of benzene rings is 1. The van der Waals surface area contributed by atoms with E-state index in [1.165, 1.54) is 24.3 Å². The van der Waals surface area contributed by atoms with Crippen molar-refractivity contribution in [1.29, 1.82) is 0 Å². The van der Waals surface area contributed by atoms with Gasteiger partial charge in [0.2, 0.25) is 5.91 Å². The molecule has 0 aliphatic rings. The smallest absolute Gasteiger partial charge is 0.331 e. The molecule has 0 bridgehead atoms. The van der Waals surface area contributed by atoms with Gasteiger partial charge in [-0.3, -0.25) is 4.79 Å². The molecule has 0 fully saturated rings. The van der Waals surface area contributed by atoms with Gasteiger partial charge >= 0.3 is 5.97 Å². The Morgan fingerprint density at radius 1 is 1.33 bits per heavy atom. The van der Waals surface area contributed by atoms with Gasteiger partial charge in [-0.25, -0.2) is 9.18 Å². The first-order valence-electron chi connectivity index (χ1n) is 5.68. The number of hydrogen-bond donors (Lipinski definition) is 2. The van der Waals surface area contributed by atoms with E-state index in [0.29, 0.717) is 0 Å². The molecule has 1 rings (SSSR count). The topological polar surface area (TPSA) is 66.4 Å². The van der Waals surface area contributed by atoms with E-state index < -0.39 is 23.7 Å². The molecule has 1 aromatic rings. The lowest BCUT2D eigenvalue weighted by Crippen LogP contribution is -2.34. The first kappa shape index (κ1) is 14.2. The number of carboxylic acids is 1. The van der Waals surface area contributed by atoms with Crippen molar-refractivity contribution in [3.05, 3.63) is 35.6 Å². The zero-order valence-electron chi connectivity index (χ0n) is 10.3. The molecule has 1 aromatic carbocycles. The highest BCUT2D eigenvalue weighted by atomic mass is 19.1. The Morgan fingerprint density at radius 3 is 2.44 bits per heavy atom. The van der Waals surface area contributed by atoms with Crippen LogP contribution >= 0.6 is 0 Å². The van der Waals surface area contributed by atoms with Crippen molar-refractivity contribution in [2.75, 3.05) is 0 Å². The fourth-order valence-corrected chi connectivity index (χ4v) is 1.57. The van der Waals surface area contributed by atoms with Gasteiger partial charge in [-0.15, -0.1) is 0 Å². The Hall–Kier alpha value is -1.91. The lowest BCUT2D eigenvalue weighted by molar-refractivity contribution is -0.142. The van der Waals surface area contributed by atoms with Gasteiger partial charge in [-0.2, -0.15) is 0 Å². The van der Waals surface area contributed by atoms with E-state index in [-0.39, 0.29) is 17.9 Å². The van der Waals surface area contributed by atoms with Crippen LogP contribution in [-0.2, 0) is 9.59 Å². The number of carbonyl (C=O) groups is 2. The Morgan fingerprint density at radius 2 is 1.94 bits per heavy atom. The van der Waals surface area contributed by atoms with Gasteiger partial charge in [0, 0.05) is 12.0 Å². The maximum absolute atomic E-state index is 13.5. The summed E-state index contributed by atoms with van der Waals surface area (Å²) in [6.07, 6.45) is 0.207. The third-order valence-corrected chi connectivity index (χ3v) is 2.36. The molecule has 1 unspecified atom stereocenters. The van der Waals surface area contributed by atoms with Crippen LogP contribution < -0.4 is 5.32 Å². The van der Waals surface area contributed by atoms with E-state index in [9.17, 15) is 14.0 Å². The van der Waals surface area contributed by atoms with Crippen LogP contribution in [0.1, 0.15) is 31.9 Å². The molecular weight excluding hydrogens is 237 g/mol. The summed E-state index contributed by atoms with van der Waals surface area (Å²) in [6, 6.07) is 4.16. The second kappa shape index (κ2) is 6.14. The lowest BCUT2D eigenvalue weighted by Gasteiger charge is -2.16. The molecule has 98 valence electrons. The van der Waals surface area contributed by atoms with Gasteiger partial charge in [-0.1, -0.05) is 32.0 Å². The van der Waals surface area contributed by atoms with Crippen LogP contribution in [0.15, 0.2) is 24.3 Å². The SMILES string of the molecule is CC(C)CC(=O)NC(C(=O)O)c1ccccc1F. The van der Waals surface area contributed by atoms with Gasteiger partial charge in [0.05, 0.1) is 0 Å². The second-order valence-electron chi connectivity index (χ2n) is 4.46. The average molecular weight is 253 g/mol. The van der Waals surface area contributed by atoms with E-state index in [2.05, 4.69) is 5.32 Å². The Balaban J connectivity index is 2.88. The molecule has 0 radical (unpaired) electrons. The number of amides is 1. The van der Waals surface area contributed by atoms with Crippen molar-refractivity contribution in [3.63, 3.8) is 0 Å². The molecule has 0 spiro atoms. The number of carboxylic acid groups (broad SMARTS) is 1. The highest BCUT2D eigenvalue weighted by Crippen LogP contribution is 2.17. The highest BCUT2D eigenvalue weighted by molar-refractivity contribution is 5.84. The Bertz CT molecular complexity index is 446. The molecule has 1 atom stereocenters. The van der Waals surface area contributed by atoms with Crippen LogP contribution in [0.4, 0.5) is 4.39 Å². The Labute approximate surface area is 105 Å². The molecule has 0 heterocycles. The number of carbonyl (C=O) groups excluding carboxylic acids is 1. The average Bonchev–Trinajstić information content (AvgIpc) is 2.25. The van der Waals surface area contributed by atoms with Crippen LogP contribution in [-0.4, -0.2) is 17.0 Å². The first-order valence-corrected chi connectivity index (χ1v) is 5.68. The predicted molar refractivity (Wildman–Crippen MR) is 64.4 cm³/mol. The summed E-state index contributed by atoms with van der Waals surface area (Å²) in [6.45, 7) is 3.69. The van der Waals surface area contributed by atoms with E-state index >= 15 is 0 Å². The molecule has 0 aliphatic heterocycles. The summed E-state index contributed by atoms with van der Waals surface area (Å²) < 4.78 is 13.5.